The topological polar surface area (TPSA) is 88.1 Å². The number of unbranched alkanes of at least 4 members (excludes halogenated alkanes) is 1. The maximum atomic E-state index is 12.7. The van der Waals surface area contributed by atoms with Crippen molar-refractivity contribution in [1.82, 2.24) is 0 Å². The summed E-state index contributed by atoms with van der Waals surface area (Å²) in [5, 5.41) is 8.07. The lowest BCUT2D eigenvalue weighted by atomic mass is 10.1. The van der Waals surface area contributed by atoms with Crippen LogP contribution in [-0.4, -0.2) is 27.9 Å². The first-order valence-corrected chi connectivity index (χ1v) is 10.5. The first-order chi connectivity index (χ1) is 14.1. The van der Waals surface area contributed by atoms with E-state index in [1.807, 2.05) is 36.4 Å². The van der Waals surface area contributed by atoms with Crippen LogP contribution >= 0.6 is 11.8 Å². The van der Waals surface area contributed by atoms with Crippen LogP contribution in [0, 0.1) is 0 Å². The summed E-state index contributed by atoms with van der Waals surface area (Å²) in [6, 6.07) is 18.8. The molecule has 0 aromatic heterocycles. The Kier molecular flexibility index (Phi) is 7.19. The molecule has 1 atom stereocenters. The fourth-order valence-electron chi connectivity index (χ4n) is 3.05. The molecule has 2 aromatic carbocycles. The number of nitrogens with zero attached hydrogens (tertiary/aromatic N) is 3. The number of amides is 2. The van der Waals surface area contributed by atoms with Crippen LogP contribution < -0.4 is 10.6 Å². The van der Waals surface area contributed by atoms with Gasteiger partial charge < -0.3 is 5.73 Å². The van der Waals surface area contributed by atoms with E-state index >= 15 is 0 Å². The second-order valence-electron chi connectivity index (χ2n) is 6.67. The number of para-hydroxylation sites is 1. The van der Waals surface area contributed by atoms with Gasteiger partial charge in [-0.15, -0.1) is 5.10 Å². The molecule has 2 aromatic rings. The Morgan fingerprint density at radius 1 is 1.07 bits per heavy atom. The third kappa shape index (κ3) is 5.32. The van der Waals surface area contributed by atoms with Gasteiger partial charge in [0, 0.05) is 6.42 Å². The monoisotopic (exact) mass is 408 g/mol. The number of amidine groups is 1. The Balaban J connectivity index is 1.72. The maximum Gasteiger partial charge on any atom is 0.247 e. The van der Waals surface area contributed by atoms with Gasteiger partial charge in [-0.25, -0.2) is 4.90 Å². The number of imide groups is 1. The van der Waals surface area contributed by atoms with Crippen molar-refractivity contribution >= 4 is 40.1 Å². The summed E-state index contributed by atoms with van der Waals surface area (Å²) in [5.41, 5.74) is 8.46. The van der Waals surface area contributed by atoms with E-state index in [0.29, 0.717) is 5.69 Å². The summed E-state index contributed by atoms with van der Waals surface area (Å²) in [6.07, 6.45) is 2.94. The van der Waals surface area contributed by atoms with Crippen molar-refractivity contribution in [3.63, 3.8) is 0 Å². The molecule has 7 heteroatoms. The van der Waals surface area contributed by atoms with E-state index in [9.17, 15) is 9.59 Å². The number of hydrogen-bond donors (Lipinski definition) is 1. The molecule has 3 rings (SSSR count). The van der Waals surface area contributed by atoms with Gasteiger partial charge in [0.15, 0.2) is 5.17 Å². The zero-order valence-corrected chi connectivity index (χ0v) is 17.1. The summed E-state index contributed by atoms with van der Waals surface area (Å²) >= 11 is 1.09. The summed E-state index contributed by atoms with van der Waals surface area (Å²) < 4.78 is 0. The average Bonchev–Trinajstić information content (AvgIpc) is 3.02. The molecule has 1 aliphatic heterocycles. The van der Waals surface area contributed by atoms with E-state index in [0.717, 1.165) is 42.3 Å². The van der Waals surface area contributed by atoms with Gasteiger partial charge in [-0.3, -0.25) is 9.59 Å². The first kappa shape index (κ1) is 20.8. The van der Waals surface area contributed by atoms with Gasteiger partial charge >= 0.3 is 0 Å². The molecule has 2 amide bonds. The van der Waals surface area contributed by atoms with Gasteiger partial charge in [0.1, 0.15) is 5.25 Å². The Morgan fingerprint density at radius 3 is 2.38 bits per heavy atom. The number of carbonyl (C=O) groups is 2. The van der Waals surface area contributed by atoms with E-state index in [1.165, 1.54) is 4.90 Å². The highest BCUT2D eigenvalue weighted by atomic mass is 32.2. The van der Waals surface area contributed by atoms with Gasteiger partial charge in [-0.2, -0.15) is 5.10 Å². The lowest BCUT2D eigenvalue weighted by molar-refractivity contribution is -0.121. The number of benzene rings is 2. The van der Waals surface area contributed by atoms with Crippen molar-refractivity contribution in [3.8, 4) is 0 Å². The third-order valence-electron chi connectivity index (χ3n) is 4.53. The first-order valence-electron chi connectivity index (χ1n) is 9.64. The van der Waals surface area contributed by atoms with E-state index in [4.69, 9.17) is 5.73 Å². The van der Waals surface area contributed by atoms with Gasteiger partial charge in [-0.1, -0.05) is 73.6 Å². The van der Waals surface area contributed by atoms with Crippen LogP contribution in [0.15, 0.2) is 70.9 Å². The minimum Gasteiger partial charge on any atom is -0.377 e. The lowest BCUT2D eigenvalue weighted by Gasteiger charge is -2.14. The molecule has 0 radical (unpaired) electrons. The fraction of sp³-hybridized carbons (Fsp3) is 0.273. The van der Waals surface area contributed by atoms with Crippen LogP contribution in [0.4, 0.5) is 5.69 Å². The number of thioether (sulfide) groups is 1. The molecule has 1 aliphatic rings. The van der Waals surface area contributed by atoms with Gasteiger partial charge in [0.2, 0.25) is 11.8 Å². The Morgan fingerprint density at radius 2 is 1.72 bits per heavy atom. The van der Waals surface area contributed by atoms with Crippen LogP contribution in [0.3, 0.4) is 0 Å². The molecular formula is C22H24N4O2S. The van der Waals surface area contributed by atoms with Crippen molar-refractivity contribution in [2.24, 2.45) is 15.9 Å². The molecule has 150 valence electrons. The summed E-state index contributed by atoms with van der Waals surface area (Å²) in [5.74, 6) is -0.509. The largest absolute Gasteiger partial charge is 0.377 e. The second-order valence-corrected chi connectivity index (χ2v) is 7.89. The molecular weight excluding hydrogens is 384 g/mol. The molecule has 1 heterocycles. The molecule has 6 nitrogen and oxygen atoms in total. The molecule has 1 fully saturated rings. The molecule has 0 saturated carbocycles. The molecule has 1 unspecified atom stereocenters. The lowest BCUT2D eigenvalue weighted by Crippen LogP contribution is -2.31. The minimum atomic E-state index is -0.586. The number of carbonyl (C=O) groups excluding carboxylic acids is 2. The highest BCUT2D eigenvalue weighted by Gasteiger charge is 2.40. The van der Waals surface area contributed by atoms with Crippen LogP contribution in [0.25, 0.3) is 0 Å². The fourth-order valence-corrected chi connectivity index (χ4v) is 3.86. The number of anilines is 1. The summed E-state index contributed by atoms with van der Waals surface area (Å²) in [4.78, 5) is 26.2. The molecule has 0 spiro atoms. The zero-order chi connectivity index (χ0) is 20.6. The van der Waals surface area contributed by atoms with Crippen molar-refractivity contribution in [2.45, 2.75) is 37.9 Å². The number of rotatable bonds is 7. The van der Waals surface area contributed by atoms with E-state index in [2.05, 4.69) is 17.1 Å². The summed E-state index contributed by atoms with van der Waals surface area (Å²) in [7, 11) is 0. The Hall–Kier alpha value is -2.93. The predicted molar refractivity (Wildman–Crippen MR) is 119 cm³/mol. The van der Waals surface area contributed by atoms with Crippen LogP contribution in [0.1, 0.15) is 38.2 Å². The maximum absolute atomic E-state index is 12.7. The van der Waals surface area contributed by atoms with Crippen LogP contribution in [-0.2, 0) is 9.59 Å². The van der Waals surface area contributed by atoms with Crippen molar-refractivity contribution in [1.29, 1.82) is 0 Å². The number of hydrogen-bond acceptors (Lipinski definition) is 5. The van der Waals surface area contributed by atoms with Crippen molar-refractivity contribution in [3.05, 3.63) is 66.2 Å². The molecule has 1 saturated heterocycles. The van der Waals surface area contributed by atoms with Gasteiger partial charge in [-0.05, 0) is 30.5 Å². The Labute approximate surface area is 174 Å². The smallest absolute Gasteiger partial charge is 0.247 e. The van der Waals surface area contributed by atoms with Crippen molar-refractivity contribution in [2.75, 3.05) is 4.90 Å². The average molecular weight is 409 g/mol. The van der Waals surface area contributed by atoms with Crippen LogP contribution in [0.5, 0.6) is 0 Å². The van der Waals surface area contributed by atoms with E-state index in [-0.39, 0.29) is 23.4 Å². The van der Waals surface area contributed by atoms with Gasteiger partial charge in [0.05, 0.1) is 11.4 Å². The summed E-state index contributed by atoms with van der Waals surface area (Å²) in [6.45, 7) is 2.12. The normalized spacial score (nSPS) is 17.8. The third-order valence-corrected chi connectivity index (χ3v) is 5.50. The van der Waals surface area contributed by atoms with Crippen molar-refractivity contribution < 1.29 is 9.59 Å². The molecule has 29 heavy (non-hydrogen) atoms. The SMILES string of the molecule is CCCC/C(=N\N=C(/N)SC1CC(=O)N(c2ccccc2)C1=O)c1ccccc1. The molecule has 0 aliphatic carbocycles. The standard InChI is InChI=1S/C22H24N4O2S/c1-2-3-14-18(16-10-6-4-7-11-16)24-25-22(23)29-19-15-20(27)26(21(19)28)17-12-8-5-9-13-17/h4-13,19H,2-3,14-15H2,1H3,(H2,23,25)/b24-18+. The highest BCUT2D eigenvalue weighted by Crippen LogP contribution is 2.29. The highest BCUT2D eigenvalue weighted by molar-refractivity contribution is 8.14. The minimum absolute atomic E-state index is 0.0969. The zero-order valence-electron chi connectivity index (χ0n) is 16.3. The predicted octanol–water partition coefficient (Wildman–Crippen LogP) is 3.96. The van der Waals surface area contributed by atoms with Gasteiger partial charge in [0.25, 0.3) is 0 Å². The van der Waals surface area contributed by atoms with Crippen LogP contribution in [0.2, 0.25) is 0 Å². The Bertz CT molecular complexity index is 913. The number of nitrogens with two attached hydrogens (primary N) is 1. The van der Waals surface area contributed by atoms with E-state index in [1.54, 1.807) is 24.3 Å². The quantitative estimate of drug-likeness (QED) is 0.325. The molecule has 2 N–H and O–H groups in total. The van der Waals surface area contributed by atoms with E-state index < -0.39 is 5.25 Å². The molecule has 0 bridgehead atoms. The second kappa shape index (κ2) is 10.0.